The maximum absolute atomic E-state index is 11.8. The number of aromatic nitrogens is 1. The van der Waals surface area contributed by atoms with Crippen LogP contribution in [0.5, 0.6) is 5.75 Å². The minimum absolute atomic E-state index is 0.229. The molecule has 0 bridgehead atoms. The first-order chi connectivity index (χ1) is 12.2. The first-order valence-electron chi connectivity index (χ1n) is 7.60. The van der Waals surface area contributed by atoms with Crippen LogP contribution in [0.4, 0.5) is 0 Å². The molecule has 0 saturated carbocycles. The quantitative estimate of drug-likeness (QED) is 0.345. The third kappa shape index (κ3) is 4.34. The Morgan fingerprint density at radius 1 is 1.12 bits per heavy atom. The second-order valence-corrected chi connectivity index (χ2v) is 7.97. The monoisotopic (exact) mass is 419 g/mol. The topological polar surface area (TPSA) is 48.4 Å². The van der Waals surface area contributed by atoms with Gasteiger partial charge in [-0.3, -0.25) is 0 Å². The molecule has 0 aliphatic heterocycles. The summed E-state index contributed by atoms with van der Waals surface area (Å²) >= 11 is 1.83. The summed E-state index contributed by atoms with van der Waals surface area (Å²) in [6.45, 7) is 0. The number of hydrogen-bond acceptors (Lipinski definition) is 5. The van der Waals surface area contributed by atoms with Gasteiger partial charge in [0.25, 0.3) is 0 Å². The zero-order valence-corrected chi connectivity index (χ0v) is 16.4. The van der Waals surface area contributed by atoms with Crippen molar-refractivity contribution in [3.8, 4) is 15.9 Å². The van der Waals surface area contributed by atoms with E-state index in [0.29, 0.717) is 5.56 Å². The van der Waals surface area contributed by atoms with Gasteiger partial charge in [-0.2, -0.15) is 0 Å². The molecule has 0 aliphatic carbocycles. The second kappa shape index (κ2) is 8.39. The molecule has 0 amide bonds. The van der Waals surface area contributed by atoms with Crippen LogP contribution in [0.15, 0.2) is 58.4 Å². The number of ether oxygens (including phenoxy) is 2. The molecule has 0 unspecified atom stereocenters. The Balaban J connectivity index is 1.71. The zero-order valence-electron chi connectivity index (χ0n) is 13.9. The first-order valence-corrected chi connectivity index (χ1v) is 10.4. The zero-order chi connectivity index (χ0) is 17.6. The van der Waals surface area contributed by atoms with Gasteiger partial charge in [0, 0.05) is 0 Å². The van der Waals surface area contributed by atoms with Crippen LogP contribution in [-0.4, -0.2) is 39.7 Å². The third-order valence-electron chi connectivity index (χ3n) is 3.56. The van der Waals surface area contributed by atoms with E-state index in [9.17, 15) is 4.79 Å². The van der Waals surface area contributed by atoms with Crippen LogP contribution in [0.3, 0.4) is 0 Å². The Kier molecular flexibility index (Phi) is 5.97. The fraction of sp³-hybridized carbons (Fsp3) is 0.158. The van der Waals surface area contributed by atoms with Crippen molar-refractivity contribution in [1.82, 2.24) is 4.98 Å². The average molecular weight is 418 g/mol. The maximum atomic E-state index is 11.8. The summed E-state index contributed by atoms with van der Waals surface area (Å²) in [6, 6.07) is 15.5. The van der Waals surface area contributed by atoms with Crippen molar-refractivity contribution < 1.29 is 14.3 Å². The molecule has 0 N–H and O–H groups in total. The predicted molar refractivity (Wildman–Crippen MR) is 101 cm³/mol. The van der Waals surface area contributed by atoms with E-state index < -0.39 is 0 Å². The molecule has 0 spiro atoms. The number of thioether (sulfide) groups is 1. The van der Waals surface area contributed by atoms with Gasteiger partial charge in [0.05, 0.1) is 0 Å². The normalized spacial score (nSPS) is 10.5. The molecular weight excluding hydrogens is 401 g/mol. The fourth-order valence-corrected chi connectivity index (χ4v) is 5.17. The number of esters is 1. The van der Waals surface area contributed by atoms with Crippen molar-refractivity contribution in [1.29, 1.82) is 0 Å². The Morgan fingerprint density at radius 2 is 1.88 bits per heavy atom. The van der Waals surface area contributed by atoms with Crippen LogP contribution in [0.2, 0.25) is 0 Å². The average Bonchev–Trinajstić information content (AvgIpc) is 3.15. The Morgan fingerprint density at radius 3 is 2.60 bits per heavy atom. The summed E-state index contributed by atoms with van der Waals surface area (Å²) in [4.78, 5) is 19.7. The number of hydrogen-bond donors (Lipinski definition) is 0. The van der Waals surface area contributed by atoms with Crippen molar-refractivity contribution in [2.75, 3.05) is 14.2 Å². The van der Waals surface area contributed by atoms with E-state index in [-0.39, 0.29) is 20.5 Å². The van der Waals surface area contributed by atoms with Gasteiger partial charge in [0.2, 0.25) is 0 Å². The van der Waals surface area contributed by atoms with Crippen molar-refractivity contribution in [3.05, 3.63) is 64.7 Å². The van der Waals surface area contributed by atoms with Crippen LogP contribution in [0, 0.1) is 0 Å². The molecule has 0 saturated heterocycles. The number of carbonyl (C=O) groups excluding carboxylic acids is 1. The number of methoxy groups -OCH3 is 2. The van der Waals surface area contributed by atoms with Crippen molar-refractivity contribution >= 4 is 32.2 Å². The molecule has 0 aliphatic rings. The van der Waals surface area contributed by atoms with Gasteiger partial charge in [0.15, 0.2) is 0 Å². The second-order valence-electron chi connectivity index (χ2n) is 5.15. The summed E-state index contributed by atoms with van der Waals surface area (Å²) in [5.41, 5.74) is 2.78. The van der Waals surface area contributed by atoms with Gasteiger partial charge in [-0.25, -0.2) is 0 Å². The third-order valence-corrected chi connectivity index (χ3v) is 6.64. The Bertz CT molecular complexity index is 861. The molecule has 2 aromatic carbocycles. The molecule has 1 aromatic heterocycles. The summed E-state index contributed by atoms with van der Waals surface area (Å²) in [5.74, 6) is 1.27. The van der Waals surface area contributed by atoms with Gasteiger partial charge >= 0.3 is 157 Å². The van der Waals surface area contributed by atoms with Crippen molar-refractivity contribution in [2.45, 2.75) is 10.6 Å². The molecule has 128 valence electrons. The Hall–Kier alpha value is -2.01. The van der Waals surface area contributed by atoms with E-state index in [1.54, 1.807) is 24.9 Å². The van der Waals surface area contributed by atoms with Crippen molar-refractivity contribution in [2.24, 2.45) is 0 Å². The molecule has 0 atom stereocenters. The molecule has 0 radical (unpaired) electrons. The number of rotatable bonds is 6. The van der Waals surface area contributed by atoms with Gasteiger partial charge in [-0.05, 0) is 0 Å². The van der Waals surface area contributed by atoms with E-state index >= 15 is 0 Å². The van der Waals surface area contributed by atoms with Crippen LogP contribution in [0.1, 0.15) is 16.1 Å². The first kappa shape index (κ1) is 17.8. The van der Waals surface area contributed by atoms with Gasteiger partial charge in [0.1, 0.15) is 0 Å². The molecular formula is C19H17NO3SSe. The number of benzene rings is 2. The van der Waals surface area contributed by atoms with Gasteiger partial charge < -0.3 is 0 Å². The summed E-state index contributed by atoms with van der Waals surface area (Å²) in [5, 5.41) is 0. The Labute approximate surface area is 156 Å². The summed E-state index contributed by atoms with van der Waals surface area (Å²) in [7, 11) is 3.06. The van der Waals surface area contributed by atoms with Crippen LogP contribution >= 0.6 is 11.8 Å². The molecule has 0 fully saturated rings. The van der Waals surface area contributed by atoms with Crippen LogP contribution in [0.25, 0.3) is 10.1 Å². The number of nitrogens with zero attached hydrogens (tertiary/aromatic N) is 1. The van der Waals surface area contributed by atoms with Gasteiger partial charge in [-0.1, -0.05) is 0 Å². The fourth-order valence-electron chi connectivity index (χ4n) is 2.26. The summed E-state index contributed by atoms with van der Waals surface area (Å²) in [6.07, 6.45) is 0. The molecule has 6 heteroatoms. The molecule has 3 aromatic rings. The molecule has 4 nitrogen and oxygen atoms in total. The number of carbonyl (C=O) groups is 1. The van der Waals surface area contributed by atoms with E-state index in [2.05, 4.69) is 4.94 Å². The summed E-state index contributed by atoms with van der Waals surface area (Å²) < 4.78 is 11.1. The van der Waals surface area contributed by atoms with E-state index in [4.69, 9.17) is 14.5 Å². The van der Waals surface area contributed by atoms with Crippen LogP contribution in [-0.2, 0) is 10.5 Å². The van der Waals surface area contributed by atoms with E-state index in [0.717, 1.165) is 32.2 Å². The van der Waals surface area contributed by atoms with Crippen LogP contribution < -0.4 is 4.74 Å². The predicted octanol–water partition coefficient (Wildman–Crippen LogP) is 3.89. The SMILES string of the molecule is COC(=O)c1ccccc1SCc1c[se]c(-c2ccc(OC)cc2)n1. The standard InChI is InChI=1S/C19H17NO3SSe/c1-22-15-9-7-13(8-10-15)18-20-14(12-25-18)11-24-17-6-4-3-5-16(17)19(21)23-2/h3-10,12H,11H2,1-2H3. The molecule has 3 rings (SSSR count). The van der Waals surface area contributed by atoms with Gasteiger partial charge in [-0.15, -0.1) is 0 Å². The van der Waals surface area contributed by atoms with E-state index in [1.807, 2.05) is 42.5 Å². The molecule has 1 heterocycles. The van der Waals surface area contributed by atoms with E-state index in [1.165, 1.54) is 7.11 Å². The molecule has 25 heavy (non-hydrogen) atoms. The van der Waals surface area contributed by atoms with Crippen molar-refractivity contribution in [3.63, 3.8) is 0 Å². The minimum atomic E-state index is -0.310.